The molecule has 1 aliphatic rings. The lowest BCUT2D eigenvalue weighted by atomic mass is 10.1. The van der Waals surface area contributed by atoms with Crippen molar-refractivity contribution in [3.63, 3.8) is 0 Å². The first kappa shape index (κ1) is 14.8. The molecule has 17 heavy (non-hydrogen) atoms. The van der Waals surface area contributed by atoms with Gasteiger partial charge in [-0.3, -0.25) is 0 Å². The molecule has 4 nitrogen and oxygen atoms in total. The van der Waals surface area contributed by atoms with Crippen LogP contribution in [-0.4, -0.2) is 35.4 Å². The van der Waals surface area contributed by atoms with Crippen LogP contribution in [0.15, 0.2) is 11.2 Å². The van der Waals surface area contributed by atoms with Crippen molar-refractivity contribution in [1.82, 2.24) is 15.3 Å². The molecule has 0 amide bonds. The second-order valence-electron chi connectivity index (χ2n) is 3.75. The molecule has 0 saturated carbocycles. The monoisotopic (exact) mass is 294 g/mol. The van der Waals surface area contributed by atoms with Gasteiger partial charge in [-0.25, -0.2) is 9.97 Å². The molecule has 2 rings (SSSR count). The van der Waals surface area contributed by atoms with Crippen molar-refractivity contribution in [2.75, 3.05) is 24.7 Å². The number of anilines is 1. The van der Waals surface area contributed by atoms with Gasteiger partial charge in [-0.2, -0.15) is 0 Å². The summed E-state index contributed by atoms with van der Waals surface area (Å²) in [7, 11) is 0. The van der Waals surface area contributed by atoms with Gasteiger partial charge in [0.1, 0.15) is 11.0 Å². The number of halogens is 2. The third-order valence-corrected chi connectivity index (χ3v) is 3.25. The predicted molar refractivity (Wildman–Crippen MR) is 75.6 cm³/mol. The van der Waals surface area contributed by atoms with Crippen LogP contribution in [0.3, 0.4) is 0 Å². The van der Waals surface area contributed by atoms with Crippen LogP contribution in [0.5, 0.6) is 0 Å². The molecule has 1 aliphatic heterocycles. The normalized spacial score (nSPS) is 19.5. The Morgan fingerprint density at radius 1 is 1.53 bits per heavy atom. The van der Waals surface area contributed by atoms with Crippen LogP contribution < -0.4 is 10.6 Å². The van der Waals surface area contributed by atoms with Gasteiger partial charge >= 0.3 is 0 Å². The summed E-state index contributed by atoms with van der Waals surface area (Å²) in [6, 6.07) is 2.21. The Balaban J connectivity index is 0.00000144. The zero-order valence-corrected chi connectivity index (χ0v) is 12.0. The molecule has 0 bridgehead atoms. The first-order valence-corrected chi connectivity index (χ1v) is 6.94. The van der Waals surface area contributed by atoms with Crippen molar-refractivity contribution < 1.29 is 0 Å². The number of hydrogen-bond donors (Lipinski definition) is 2. The largest absolute Gasteiger partial charge is 0.366 e. The van der Waals surface area contributed by atoms with Gasteiger partial charge in [0, 0.05) is 18.7 Å². The summed E-state index contributed by atoms with van der Waals surface area (Å²) in [5, 5.41) is 7.94. The molecule has 0 aliphatic carbocycles. The number of thioether (sulfide) groups is 1. The van der Waals surface area contributed by atoms with E-state index in [0.717, 1.165) is 18.9 Å². The highest BCUT2D eigenvalue weighted by Crippen LogP contribution is 2.18. The van der Waals surface area contributed by atoms with Crippen LogP contribution in [-0.2, 0) is 0 Å². The predicted octanol–water partition coefficient (Wildman–Crippen LogP) is 2.44. The minimum Gasteiger partial charge on any atom is -0.366 e. The molecule has 2 N–H and O–H groups in total. The molecule has 2 heterocycles. The third kappa shape index (κ3) is 4.50. The lowest BCUT2D eigenvalue weighted by Gasteiger charge is -2.24. The van der Waals surface area contributed by atoms with Gasteiger partial charge in [0.05, 0.1) is 0 Å². The van der Waals surface area contributed by atoms with Gasteiger partial charge < -0.3 is 10.6 Å². The first-order valence-electron chi connectivity index (χ1n) is 5.34. The molecule has 0 spiro atoms. The fourth-order valence-corrected chi connectivity index (χ4v) is 2.36. The molecule has 7 heteroatoms. The van der Waals surface area contributed by atoms with E-state index in [1.165, 1.54) is 24.6 Å². The van der Waals surface area contributed by atoms with E-state index in [1.54, 1.807) is 6.07 Å². The SMILES string of the molecule is CSc1nc(Cl)cc(N[C@H]2CCCNC2)n1.Cl. The second-order valence-corrected chi connectivity index (χ2v) is 4.91. The lowest BCUT2D eigenvalue weighted by molar-refractivity contribution is 0.478. The Kier molecular flexibility index (Phi) is 6.33. The molecule has 0 unspecified atom stereocenters. The van der Waals surface area contributed by atoms with Crippen LogP contribution in [0.1, 0.15) is 12.8 Å². The molecule has 0 aromatic carbocycles. The van der Waals surface area contributed by atoms with E-state index in [0.29, 0.717) is 16.4 Å². The summed E-state index contributed by atoms with van der Waals surface area (Å²) in [6.45, 7) is 2.09. The van der Waals surface area contributed by atoms with E-state index in [9.17, 15) is 0 Å². The zero-order valence-electron chi connectivity index (χ0n) is 9.57. The van der Waals surface area contributed by atoms with E-state index in [-0.39, 0.29) is 12.4 Å². The van der Waals surface area contributed by atoms with Crippen molar-refractivity contribution in [3.8, 4) is 0 Å². The van der Waals surface area contributed by atoms with E-state index in [1.807, 2.05) is 6.26 Å². The topological polar surface area (TPSA) is 49.8 Å². The molecule has 1 saturated heterocycles. The number of hydrogen-bond acceptors (Lipinski definition) is 5. The molecular weight excluding hydrogens is 279 g/mol. The maximum absolute atomic E-state index is 5.93. The van der Waals surface area contributed by atoms with E-state index < -0.39 is 0 Å². The minimum atomic E-state index is 0. The van der Waals surface area contributed by atoms with Crippen LogP contribution in [0, 0.1) is 0 Å². The summed E-state index contributed by atoms with van der Waals surface area (Å²) >= 11 is 7.42. The smallest absolute Gasteiger partial charge is 0.190 e. The van der Waals surface area contributed by atoms with Gasteiger partial charge in [-0.15, -0.1) is 12.4 Å². The Labute approximate surface area is 117 Å². The fraction of sp³-hybridized carbons (Fsp3) is 0.600. The van der Waals surface area contributed by atoms with E-state index in [2.05, 4.69) is 20.6 Å². The maximum Gasteiger partial charge on any atom is 0.190 e. The third-order valence-electron chi connectivity index (χ3n) is 2.51. The highest BCUT2D eigenvalue weighted by Gasteiger charge is 2.13. The average Bonchev–Trinajstić information content (AvgIpc) is 2.29. The standard InChI is InChI=1S/C10H15ClN4S.ClH/c1-16-10-14-8(11)5-9(15-10)13-7-3-2-4-12-6-7;/h5,7,12H,2-4,6H2,1H3,(H,13,14,15);1H/t7-;/m0./s1. The number of nitrogens with zero attached hydrogens (tertiary/aromatic N) is 2. The van der Waals surface area contributed by atoms with Crippen molar-refractivity contribution in [1.29, 1.82) is 0 Å². The van der Waals surface area contributed by atoms with Gasteiger partial charge in [-0.05, 0) is 25.6 Å². The van der Waals surface area contributed by atoms with Crippen molar-refractivity contribution in [2.24, 2.45) is 0 Å². The maximum atomic E-state index is 5.93. The average molecular weight is 295 g/mol. The second kappa shape index (κ2) is 7.26. The summed E-state index contributed by atoms with van der Waals surface area (Å²) in [5.41, 5.74) is 0. The van der Waals surface area contributed by atoms with Crippen LogP contribution in [0.4, 0.5) is 5.82 Å². The van der Waals surface area contributed by atoms with E-state index in [4.69, 9.17) is 11.6 Å². The zero-order chi connectivity index (χ0) is 11.4. The molecule has 1 fully saturated rings. The fourth-order valence-electron chi connectivity index (χ4n) is 1.75. The molecule has 1 aromatic rings. The molecular formula is C10H16Cl2N4S. The summed E-state index contributed by atoms with van der Waals surface area (Å²) < 4.78 is 0. The highest BCUT2D eigenvalue weighted by molar-refractivity contribution is 7.98. The van der Waals surface area contributed by atoms with Crippen LogP contribution in [0.25, 0.3) is 0 Å². The Morgan fingerprint density at radius 2 is 2.35 bits per heavy atom. The van der Waals surface area contributed by atoms with Gasteiger partial charge in [0.25, 0.3) is 0 Å². The molecule has 1 aromatic heterocycles. The number of rotatable bonds is 3. The van der Waals surface area contributed by atoms with Gasteiger partial charge in [0.15, 0.2) is 5.16 Å². The minimum absolute atomic E-state index is 0. The lowest BCUT2D eigenvalue weighted by Crippen LogP contribution is -2.38. The first-order chi connectivity index (χ1) is 7.78. The van der Waals surface area contributed by atoms with E-state index >= 15 is 0 Å². The molecule has 0 radical (unpaired) electrons. The molecule has 1 atom stereocenters. The Morgan fingerprint density at radius 3 is 3.00 bits per heavy atom. The summed E-state index contributed by atoms with van der Waals surface area (Å²) in [5.74, 6) is 0.818. The van der Waals surface area contributed by atoms with Gasteiger partial charge in [-0.1, -0.05) is 23.4 Å². The van der Waals surface area contributed by atoms with Gasteiger partial charge in [0.2, 0.25) is 0 Å². The quantitative estimate of drug-likeness (QED) is 0.509. The molecule has 96 valence electrons. The van der Waals surface area contributed by atoms with Crippen LogP contribution >= 0.6 is 35.8 Å². The highest BCUT2D eigenvalue weighted by atomic mass is 35.5. The Hall–Kier alpha value is -0.230. The van der Waals surface area contributed by atoms with Crippen molar-refractivity contribution in [3.05, 3.63) is 11.2 Å². The summed E-state index contributed by atoms with van der Waals surface area (Å²) in [4.78, 5) is 8.48. The van der Waals surface area contributed by atoms with Crippen LogP contribution in [0.2, 0.25) is 5.15 Å². The van der Waals surface area contributed by atoms with Crippen molar-refractivity contribution >= 4 is 41.6 Å². The number of piperidine rings is 1. The summed E-state index contributed by atoms with van der Waals surface area (Å²) in [6.07, 6.45) is 4.31. The number of nitrogens with one attached hydrogen (secondary N) is 2. The number of aromatic nitrogens is 2. The Bertz CT molecular complexity index is 358. The van der Waals surface area contributed by atoms with Crippen molar-refractivity contribution in [2.45, 2.75) is 24.0 Å².